The number of carbonyl (C=O) groups is 2. The van der Waals surface area contributed by atoms with Crippen LogP contribution in [0.15, 0.2) is 24.3 Å². The molecule has 3 atom stereocenters. The molecule has 0 unspecified atom stereocenters. The average Bonchev–Trinajstić information content (AvgIpc) is 3.15. The zero-order valence-corrected chi connectivity index (χ0v) is 17.6. The lowest BCUT2D eigenvalue weighted by Crippen LogP contribution is -2.60. The second kappa shape index (κ2) is 6.34. The van der Waals surface area contributed by atoms with E-state index in [4.69, 9.17) is 4.43 Å². The molecule has 0 aliphatic carbocycles. The van der Waals surface area contributed by atoms with Crippen molar-refractivity contribution in [3.05, 3.63) is 29.8 Å². The highest BCUT2D eigenvalue weighted by molar-refractivity contribution is 6.73. The molecule has 0 aromatic heterocycles. The molecule has 1 aromatic carbocycles. The van der Waals surface area contributed by atoms with Crippen LogP contribution < -0.4 is 5.32 Å². The molecule has 1 N–H and O–H groups in total. The second-order valence-corrected chi connectivity index (χ2v) is 12.7. The lowest BCUT2D eigenvalue weighted by Gasteiger charge is -2.41. The van der Waals surface area contributed by atoms with Gasteiger partial charge in [0, 0.05) is 24.7 Å². The number of fused-ring (bicyclic) bond motifs is 5. The van der Waals surface area contributed by atoms with Gasteiger partial charge in [0.2, 0.25) is 11.8 Å². The Morgan fingerprint density at radius 1 is 1.19 bits per heavy atom. The Hall–Kier alpha value is -1.86. The van der Waals surface area contributed by atoms with Crippen molar-refractivity contribution in [2.75, 3.05) is 18.9 Å². The van der Waals surface area contributed by atoms with Crippen LogP contribution in [0.5, 0.6) is 0 Å². The second-order valence-electron chi connectivity index (χ2n) is 8.04. The molecule has 0 spiro atoms. The topological polar surface area (TPSA) is 61.9 Å². The number of likely N-dealkylation sites (N-methyl/N-ethyl adjacent to an activating group) is 1. The number of piperazine rings is 1. The van der Waals surface area contributed by atoms with E-state index in [0.29, 0.717) is 6.42 Å². The molecule has 0 bridgehead atoms. The molecule has 0 saturated carbocycles. The Morgan fingerprint density at radius 3 is 2.52 bits per heavy atom. The van der Waals surface area contributed by atoms with Crippen LogP contribution in [0.1, 0.15) is 32.8 Å². The summed E-state index contributed by atoms with van der Waals surface area (Å²) in [4.78, 5) is 29.1. The Kier molecular flexibility index (Phi) is 4.34. The molecule has 146 valence electrons. The fourth-order valence-electron chi connectivity index (χ4n) is 5.12. The lowest BCUT2D eigenvalue weighted by molar-refractivity contribution is -0.153. The zero-order chi connectivity index (χ0) is 19.4. The first-order valence-corrected chi connectivity index (χ1v) is 12.6. The minimum atomic E-state index is -1.97. The molecule has 6 nitrogen and oxygen atoms in total. The number of nitrogens with one attached hydrogen (secondary N) is 1. The quantitative estimate of drug-likeness (QED) is 0.789. The van der Waals surface area contributed by atoms with Crippen molar-refractivity contribution < 1.29 is 14.0 Å². The normalized spacial score (nSPS) is 29.5. The molecule has 0 radical (unpaired) electrons. The van der Waals surface area contributed by atoms with Gasteiger partial charge in [-0.25, -0.2) is 0 Å². The fraction of sp³-hybridized carbons (Fsp3) is 0.600. The lowest BCUT2D eigenvalue weighted by atomic mass is 9.91. The Labute approximate surface area is 162 Å². The molecular weight excluding hydrogens is 358 g/mol. The van der Waals surface area contributed by atoms with Crippen LogP contribution >= 0.6 is 0 Å². The van der Waals surface area contributed by atoms with E-state index in [0.717, 1.165) is 29.4 Å². The number of nitrogens with zero attached hydrogens (tertiary/aromatic N) is 2. The largest absolute Gasteiger partial charge is 0.403 e. The van der Waals surface area contributed by atoms with Gasteiger partial charge in [0.15, 0.2) is 8.32 Å². The van der Waals surface area contributed by atoms with Crippen LogP contribution in [0.4, 0.5) is 5.69 Å². The van der Waals surface area contributed by atoms with Crippen molar-refractivity contribution in [3.63, 3.8) is 0 Å². The van der Waals surface area contributed by atoms with Gasteiger partial charge in [-0.05, 0) is 24.2 Å². The third-order valence-corrected chi connectivity index (χ3v) is 11.5. The highest BCUT2D eigenvalue weighted by Gasteiger charge is 2.64. The first kappa shape index (κ1) is 18.5. The van der Waals surface area contributed by atoms with E-state index < -0.39 is 20.0 Å². The van der Waals surface area contributed by atoms with Crippen LogP contribution in [-0.4, -0.2) is 55.7 Å². The summed E-state index contributed by atoms with van der Waals surface area (Å²) in [7, 11) is -0.262. The highest BCUT2D eigenvalue weighted by Crippen LogP contribution is 2.54. The minimum Gasteiger partial charge on any atom is -0.403 e. The molecule has 27 heavy (non-hydrogen) atoms. The molecule has 4 rings (SSSR count). The molecule has 2 fully saturated rings. The monoisotopic (exact) mass is 387 g/mol. The fourth-order valence-corrected chi connectivity index (χ4v) is 8.13. The third-order valence-electron chi connectivity index (χ3n) is 6.88. The van der Waals surface area contributed by atoms with Crippen molar-refractivity contribution in [1.29, 1.82) is 0 Å². The van der Waals surface area contributed by atoms with Gasteiger partial charge in [-0.15, -0.1) is 0 Å². The first-order chi connectivity index (χ1) is 12.9. The van der Waals surface area contributed by atoms with Gasteiger partial charge in [0.1, 0.15) is 17.8 Å². The van der Waals surface area contributed by atoms with Gasteiger partial charge in [0.25, 0.3) is 0 Å². The van der Waals surface area contributed by atoms with Crippen molar-refractivity contribution in [2.24, 2.45) is 0 Å². The van der Waals surface area contributed by atoms with E-state index in [2.05, 4.69) is 32.2 Å². The number of anilines is 1. The van der Waals surface area contributed by atoms with Gasteiger partial charge in [-0.1, -0.05) is 39.0 Å². The number of benzene rings is 1. The zero-order valence-electron chi connectivity index (χ0n) is 16.6. The van der Waals surface area contributed by atoms with Crippen LogP contribution in [0, 0.1) is 0 Å². The molecule has 2 saturated heterocycles. The van der Waals surface area contributed by atoms with Crippen LogP contribution in [0.2, 0.25) is 18.1 Å². The number of hydrogen-bond acceptors (Lipinski definition) is 4. The van der Waals surface area contributed by atoms with Crippen molar-refractivity contribution in [2.45, 2.75) is 63.1 Å². The SMILES string of the molecule is CC[Si](CC)(CC)O[C@]12C[C@@H]3C(=O)N(C)CC(=O)N3[C@H]1Nc1ccccc12. The standard InChI is InChI=1S/C20H29N3O3Si/c1-5-27(6-2,7-3)26-20-12-16-18(25)22(4)13-17(24)23(16)19(20)21-15-11-9-8-10-14(15)20/h8-11,16,19,21H,5-7,12-13H2,1-4H3/t16-,19-,20+/m1/s1. The number of hydrogen-bond donors (Lipinski definition) is 1. The maximum atomic E-state index is 12.9. The molecule has 3 aliphatic rings. The summed E-state index contributed by atoms with van der Waals surface area (Å²) < 4.78 is 7.12. The summed E-state index contributed by atoms with van der Waals surface area (Å²) in [6, 6.07) is 10.8. The maximum absolute atomic E-state index is 12.9. The van der Waals surface area contributed by atoms with Crippen molar-refractivity contribution >= 4 is 25.8 Å². The number of amides is 2. The predicted octanol–water partition coefficient (Wildman–Crippen LogP) is 2.73. The van der Waals surface area contributed by atoms with Gasteiger partial charge in [-0.2, -0.15) is 0 Å². The molecular formula is C20H29N3O3Si. The van der Waals surface area contributed by atoms with E-state index in [1.165, 1.54) is 0 Å². The molecule has 3 aliphatic heterocycles. The summed E-state index contributed by atoms with van der Waals surface area (Å²) in [5.74, 6) is 0.0117. The maximum Gasteiger partial charge on any atom is 0.245 e. The number of para-hydroxylation sites is 1. The van der Waals surface area contributed by atoms with Gasteiger partial charge < -0.3 is 19.5 Å². The number of carbonyl (C=O) groups excluding carboxylic acids is 2. The van der Waals surface area contributed by atoms with Crippen LogP contribution in [0.3, 0.4) is 0 Å². The Bertz CT molecular complexity index is 773. The Balaban J connectivity index is 1.84. The summed E-state index contributed by atoms with van der Waals surface area (Å²) in [6.45, 7) is 6.78. The average molecular weight is 388 g/mol. The summed E-state index contributed by atoms with van der Waals surface area (Å²) in [5.41, 5.74) is 1.48. The predicted molar refractivity (Wildman–Crippen MR) is 107 cm³/mol. The molecule has 3 heterocycles. The van der Waals surface area contributed by atoms with Crippen molar-refractivity contribution in [1.82, 2.24) is 9.80 Å². The van der Waals surface area contributed by atoms with Crippen LogP contribution in [-0.2, 0) is 19.6 Å². The van der Waals surface area contributed by atoms with E-state index in [1.807, 2.05) is 18.2 Å². The van der Waals surface area contributed by atoms with Gasteiger partial charge in [0.05, 0.1) is 6.54 Å². The first-order valence-electron chi connectivity index (χ1n) is 10.0. The third kappa shape index (κ3) is 2.47. The molecule has 7 heteroatoms. The van der Waals surface area contributed by atoms with E-state index in [1.54, 1.807) is 16.8 Å². The van der Waals surface area contributed by atoms with E-state index in [9.17, 15) is 9.59 Å². The number of rotatable bonds is 5. The summed E-state index contributed by atoms with van der Waals surface area (Å²) in [6.07, 6.45) is 0.229. The van der Waals surface area contributed by atoms with Gasteiger partial charge in [-0.3, -0.25) is 9.59 Å². The Morgan fingerprint density at radius 2 is 1.85 bits per heavy atom. The smallest absolute Gasteiger partial charge is 0.245 e. The van der Waals surface area contributed by atoms with E-state index in [-0.39, 0.29) is 24.5 Å². The highest BCUT2D eigenvalue weighted by atomic mass is 28.4. The van der Waals surface area contributed by atoms with Gasteiger partial charge >= 0.3 is 0 Å². The van der Waals surface area contributed by atoms with E-state index >= 15 is 0 Å². The summed E-state index contributed by atoms with van der Waals surface area (Å²) in [5, 5.41) is 3.53. The minimum absolute atomic E-state index is 0.00496. The summed E-state index contributed by atoms with van der Waals surface area (Å²) >= 11 is 0. The molecule has 1 aromatic rings. The molecule has 2 amide bonds. The van der Waals surface area contributed by atoms with Crippen molar-refractivity contribution in [3.8, 4) is 0 Å². The van der Waals surface area contributed by atoms with Crippen LogP contribution in [0.25, 0.3) is 0 Å².